The minimum Gasteiger partial charge on any atom is -0.349 e. The van der Waals surface area contributed by atoms with E-state index in [2.05, 4.69) is 11.7 Å². The minimum atomic E-state index is 0.230. The average molecular weight is 182 g/mol. The molecule has 0 saturated heterocycles. The quantitative estimate of drug-likeness (QED) is 0.593. The van der Waals surface area contributed by atoms with Crippen molar-refractivity contribution < 1.29 is 4.79 Å². The van der Waals surface area contributed by atoms with Crippen LogP contribution in [-0.4, -0.2) is 37.7 Å². The number of carbonyl (C=O) groups excluding carboxylic acids is 1. The molecule has 1 aliphatic carbocycles. The van der Waals surface area contributed by atoms with Crippen molar-refractivity contribution in [1.82, 2.24) is 4.90 Å². The molecule has 0 aliphatic heterocycles. The molecule has 0 aromatic carbocycles. The summed E-state index contributed by atoms with van der Waals surface area (Å²) in [5.74, 6) is 0.496. The van der Waals surface area contributed by atoms with Gasteiger partial charge in [-0.2, -0.15) is 0 Å². The summed E-state index contributed by atoms with van der Waals surface area (Å²) in [7, 11) is 3.64. The third-order valence-corrected chi connectivity index (χ3v) is 2.74. The summed E-state index contributed by atoms with van der Waals surface area (Å²) in [6, 6.07) is 0.395. The minimum absolute atomic E-state index is 0.230. The van der Waals surface area contributed by atoms with E-state index in [4.69, 9.17) is 0 Å². The summed E-state index contributed by atoms with van der Waals surface area (Å²) < 4.78 is 0. The lowest BCUT2D eigenvalue weighted by Crippen LogP contribution is -2.32. The number of rotatable bonds is 2. The Kier molecular flexibility index (Phi) is 3.46. The smallest absolute Gasteiger partial charge is 0.225 e. The predicted molar refractivity (Wildman–Crippen MR) is 54.0 cm³/mol. The zero-order valence-electron chi connectivity index (χ0n) is 8.49. The van der Waals surface area contributed by atoms with Gasteiger partial charge < -0.3 is 4.90 Å². The largest absolute Gasteiger partial charge is 0.349 e. The first-order valence-corrected chi connectivity index (χ1v) is 4.82. The van der Waals surface area contributed by atoms with Gasteiger partial charge in [-0.15, -0.1) is 0 Å². The zero-order chi connectivity index (χ0) is 9.84. The highest BCUT2D eigenvalue weighted by atomic mass is 16.2. The number of hydrogen-bond acceptors (Lipinski definition) is 2. The molecule has 13 heavy (non-hydrogen) atoms. The molecule has 1 aliphatic rings. The Morgan fingerprint density at radius 2 is 1.85 bits per heavy atom. The van der Waals surface area contributed by atoms with Crippen LogP contribution in [0, 0.1) is 5.92 Å². The average Bonchev–Trinajstić information content (AvgIpc) is 2.17. The van der Waals surface area contributed by atoms with E-state index in [0.29, 0.717) is 6.04 Å². The van der Waals surface area contributed by atoms with Gasteiger partial charge >= 0.3 is 0 Å². The fourth-order valence-corrected chi connectivity index (χ4v) is 1.87. The van der Waals surface area contributed by atoms with Crippen molar-refractivity contribution >= 4 is 12.6 Å². The van der Waals surface area contributed by atoms with Gasteiger partial charge in [0.15, 0.2) is 0 Å². The van der Waals surface area contributed by atoms with Crippen LogP contribution >= 0.6 is 0 Å². The van der Waals surface area contributed by atoms with Crippen LogP contribution in [0.15, 0.2) is 4.99 Å². The topological polar surface area (TPSA) is 32.7 Å². The molecule has 0 aromatic heterocycles. The fraction of sp³-hybridized carbons (Fsp3) is 0.800. The van der Waals surface area contributed by atoms with Crippen LogP contribution in [0.4, 0.5) is 0 Å². The van der Waals surface area contributed by atoms with Gasteiger partial charge in [-0.05, 0) is 32.4 Å². The molecule has 3 heteroatoms. The Morgan fingerprint density at radius 3 is 2.23 bits per heavy atom. The molecule has 1 amide bonds. The molecule has 0 aromatic rings. The van der Waals surface area contributed by atoms with E-state index in [0.717, 1.165) is 25.7 Å². The normalized spacial score (nSPS) is 28.2. The van der Waals surface area contributed by atoms with Crippen molar-refractivity contribution in [2.75, 3.05) is 14.1 Å². The van der Waals surface area contributed by atoms with Gasteiger partial charge in [0.1, 0.15) is 0 Å². The second kappa shape index (κ2) is 4.40. The Balaban J connectivity index is 2.40. The van der Waals surface area contributed by atoms with Crippen molar-refractivity contribution in [3.63, 3.8) is 0 Å². The lowest BCUT2D eigenvalue weighted by Gasteiger charge is -2.27. The summed E-state index contributed by atoms with van der Waals surface area (Å²) in [6.07, 6.45) is 3.99. The summed E-state index contributed by atoms with van der Waals surface area (Å²) in [5.41, 5.74) is 0. The van der Waals surface area contributed by atoms with Gasteiger partial charge in [-0.1, -0.05) is 0 Å². The highest BCUT2D eigenvalue weighted by Crippen LogP contribution is 2.26. The van der Waals surface area contributed by atoms with E-state index >= 15 is 0 Å². The first-order chi connectivity index (χ1) is 6.15. The maximum absolute atomic E-state index is 11.6. The number of amides is 1. The molecule has 0 N–H and O–H groups in total. The van der Waals surface area contributed by atoms with Crippen molar-refractivity contribution in [3.05, 3.63) is 0 Å². The van der Waals surface area contributed by atoms with Gasteiger partial charge in [-0.3, -0.25) is 9.79 Å². The fourth-order valence-electron chi connectivity index (χ4n) is 1.87. The monoisotopic (exact) mass is 182 g/mol. The standard InChI is InChI=1S/C10H18N2O/c1-11-9-6-4-8(5-7-9)10(13)12(2)3/h8-9H,1,4-7H2,2-3H3. The van der Waals surface area contributed by atoms with Gasteiger partial charge in [0.05, 0.1) is 0 Å². The summed E-state index contributed by atoms with van der Waals surface area (Å²) in [6.45, 7) is 3.54. The van der Waals surface area contributed by atoms with Gasteiger partial charge in [0.2, 0.25) is 5.91 Å². The molecule has 1 saturated carbocycles. The summed E-state index contributed by atoms with van der Waals surface area (Å²) in [5, 5.41) is 0. The highest BCUT2D eigenvalue weighted by molar-refractivity contribution is 5.78. The molecule has 0 radical (unpaired) electrons. The Bertz CT molecular complexity index is 193. The second-order valence-electron chi connectivity index (χ2n) is 3.92. The molecule has 1 fully saturated rings. The highest BCUT2D eigenvalue weighted by Gasteiger charge is 2.26. The Labute approximate surface area is 79.8 Å². The lowest BCUT2D eigenvalue weighted by molar-refractivity contribution is -0.134. The summed E-state index contributed by atoms with van der Waals surface area (Å²) >= 11 is 0. The first-order valence-electron chi connectivity index (χ1n) is 4.82. The molecule has 0 bridgehead atoms. The molecule has 0 unspecified atom stereocenters. The molecular weight excluding hydrogens is 164 g/mol. The molecule has 0 spiro atoms. The van der Waals surface area contributed by atoms with Gasteiger partial charge in [0, 0.05) is 26.1 Å². The molecule has 0 atom stereocenters. The number of hydrogen-bond donors (Lipinski definition) is 0. The van der Waals surface area contributed by atoms with E-state index in [-0.39, 0.29) is 11.8 Å². The van der Waals surface area contributed by atoms with Crippen molar-refractivity contribution in [1.29, 1.82) is 0 Å². The lowest BCUT2D eigenvalue weighted by atomic mass is 9.85. The van der Waals surface area contributed by atoms with Crippen molar-refractivity contribution in [3.8, 4) is 0 Å². The van der Waals surface area contributed by atoms with E-state index < -0.39 is 0 Å². The van der Waals surface area contributed by atoms with Crippen LogP contribution in [-0.2, 0) is 4.79 Å². The number of carbonyl (C=O) groups is 1. The van der Waals surface area contributed by atoms with Crippen LogP contribution in [0.5, 0.6) is 0 Å². The van der Waals surface area contributed by atoms with E-state index in [1.54, 1.807) is 4.90 Å². The maximum atomic E-state index is 11.6. The number of aliphatic imine (C=N–C) groups is 1. The predicted octanol–water partition coefficient (Wildman–Crippen LogP) is 1.33. The summed E-state index contributed by atoms with van der Waals surface area (Å²) in [4.78, 5) is 17.3. The maximum Gasteiger partial charge on any atom is 0.225 e. The molecule has 74 valence electrons. The third-order valence-electron chi connectivity index (χ3n) is 2.74. The zero-order valence-corrected chi connectivity index (χ0v) is 8.49. The van der Waals surface area contributed by atoms with Crippen molar-refractivity contribution in [2.45, 2.75) is 31.7 Å². The van der Waals surface area contributed by atoms with E-state index in [9.17, 15) is 4.79 Å². The first kappa shape index (κ1) is 10.2. The SMILES string of the molecule is C=NC1CCC(C(=O)N(C)C)CC1. The Morgan fingerprint density at radius 1 is 1.31 bits per heavy atom. The molecule has 3 nitrogen and oxygen atoms in total. The molecular formula is C10H18N2O. The third kappa shape index (κ3) is 2.54. The van der Waals surface area contributed by atoms with Crippen LogP contribution < -0.4 is 0 Å². The Hall–Kier alpha value is -0.860. The van der Waals surface area contributed by atoms with Gasteiger partial charge in [-0.25, -0.2) is 0 Å². The van der Waals surface area contributed by atoms with E-state index in [1.165, 1.54) is 0 Å². The second-order valence-corrected chi connectivity index (χ2v) is 3.92. The number of nitrogens with zero attached hydrogens (tertiary/aromatic N) is 2. The van der Waals surface area contributed by atoms with Crippen LogP contribution in [0.25, 0.3) is 0 Å². The van der Waals surface area contributed by atoms with E-state index in [1.807, 2.05) is 14.1 Å². The molecule has 0 heterocycles. The van der Waals surface area contributed by atoms with Crippen LogP contribution in [0.2, 0.25) is 0 Å². The van der Waals surface area contributed by atoms with Crippen LogP contribution in [0.1, 0.15) is 25.7 Å². The van der Waals surface area contributed by atoms with Gasteiger partial charge in [0.25, 0.3) is 0 Å². The van der Waals surface area contributed by atoms with Crippen molar-refractivity contribution in [2.24, 2.45) is 10.9 Å². The molecule has 1 rings (SSSR count). The van der Waals surface area contributed by atoms with Crippen LogP contribution in [0.3, 0.4) is 0 Å².